The number of ketones is 1. The molecule has 172 valence electrons. The summed E-state index contributed by atoms with van der Waals surface area (Å²) in [6, 6.07) is 3.16. The Morgan fingerprint density at radius 1 is 1.00 bits per heavy atom. The standard InChI is InChI=1S/C22H30O9/c1-7-30-20(24)16-13(23)11-22(3,26)17(21(25)31-8-2)15(16)12-9-10-14(27-4)19(29-6)18(12)28-5/h9-10,15-17,26H,7-8,11H2,1-6H3. The van der Waals surface area contributed by atoms with E-state index in [1.54, 1.807) is 26.0 Å². The van der Waals surface area contributed by atoms with Crippen LogP contribution in [0.2, 0.25) is 0 Å². The number of hydrogen-bond acceptors (Lipinski definition) is 9. The van der Waals surface area contributed by atoms with Gasteiger partial charge in [0.1, 0.15) is 5.92 Å². The molecular formula is C22H30O9. The highest BCUT2D eigenvalue weighted by Crippen LogP contribution is 2.52. The first-order valence-corrected chi connectivity index (χ1v) is 10.1. The predicted octanol–water partition coefficient (Wildman–Crippen LogP) is 1.88. The van der Waals surface area contributed by atoms with Crippen LogP contribution < -0.4 is 14.2 Å². The summed E-state index contributed by atoms with van der Waals surface area (Å²) in [4.78, 5) is 38.8. The van der Waals surface area contributed by atoms with E-state index in [1.165, 1.54) is 28.3 Å². The quantitative estimate of drug-likeness (QED) is 0.479. The number of benzene rings is 1. The number of hydrogen-bond donors (Lipinski definition) is 1. The van der Waals surface area contributed by atoms with Crippen molar-refractivity contribution in [2.75, 3.05) is 34.5 Å². The minimum atomic E-state index is -1.75. The van der Waals surface area contributed by atoms with Gasteiger partial charge >= 0.3 is 11.9 Å². The Hall–Kier alpha value is -2.81. The Morgan fingerprint density at radius 3 is 2.10 bits per heavy atom. The topological polar surface area (TPSA) is 118 Å². The van der Waals surface area contributed by atoms with Crippen molar-refractivity contribution in [3.63, 3.8) is 0 Å². The van der Waals surface area contributed by atoms with Crippen LogP contribution >= 0.6 is 0 Å². The van der Waals surface area contributed by atoms with Gasteiger partial charge in [-0.25, -0.2) is 0 Å². The van der Waals surface area contributed by atoms with E-state index in [0.29, 0.717) is 11.3 Å². The van der Waals surface area contributed by atoms with Crippen LogP contribution in [0.15, 0.2) is 12.1 Å². The highest BCUT2D eigenvalue weighted by atomic mass is 16.5. The molecule has 1 aromatic carbocycles. The molecule has 1 aliphatic rings. The van der Waals surface area contributed by atoms with Gasteiger partial charge in [-0.3, -0.25) is 14.4 Å². The second-order valence-electron chi connectivity index (χ2n) is 7.41. The molecule has 1 N–H and O–H groups in total. The van der Waals surface area contributed by atoms with E-state index in [4.69, 9.17) is 23.7 Å². The Bertz CT molecular complexity index is 831. The average Bonchev–Trinajstić information content (AvgIpc) is 2.71. The number of aliphatic hydroxyl groups is 1. The number of esters is 2. The zero-order chi connectivity index (χ0) is 23.3. The van der Waals surface area contributed by atoms with Crippen molar-refractivity contribution in [3.8, 4) is 17.2 Å². The molecule has 4 unspecified atom stereocenters. The molecule has 1 saturated carbocycles. The third-order valence-corrected chi connectivity index (χ3v) is 5.44. The molecule has 1 aromatic rings. The Morgan fingerprint density at radius 2 is 1.58 bits per heavy atom. The minimum Gasteiger partial charge on any atom is -0.493 e. The van der Waals surface area contributed by atoms with Crippen molar-refractivity contribution in [1.29, 1.82) is 0 Å². The van der Waals surface area contributed by atoms with Gasteiger partial charge in [0.2, 0.25) is 5.75 Å². The third-order valence-electron chi connectivity index (χ3n) is 5.44. The van der Waals surface area contributed by atoms with E-state index < -0.39 is 47.5 Å². The van der Waals surface area contributed by atoms with Crippen molar-refractivity contribution < 1.29 is 43.2 Å². The summed E-state index contributed by atoms with van der Waals surface area (Å²) in [5.41, 5.74) is -1.43. The Kier molecular flexibility index (Phi) is 7.89. The van der Waals surface area contributed by atoms with Crippen LogP contribution in [-0.2, 0) is 23.9 Å². The molecule has 0 spiro atoms. The molecule has 2 rings (SSSR count). The van der Waals surface area contributed by atoms with Gasteiger partial charge in [0.15, 0.2) is 17.3 Å². The number of rotatable bonds is 8. The summed E-state index contributed by atoms with van der Waals surface area (Å²) in [5.74, 6) is -4.94. The fourth-order valence-corrected chi connectivity index (χ4v) is 4.24. The van der Waals surface area contributed by atoms with E-state index in [2.05, 4.69) is 0 Å². The van der Waals surface area contributed by atoms with Gasteiger partial charge < -0.3 is 28.8 Å². The van der Waals surface area contributed by atoms with Crippen LogP contribution in [0.5, 0.6) is 17.2 Å². The smallest absolute Gasteiger partial charge is 0.317 e. The number of carbonyl (C=O) groups excluding carboxylic acids is 3. The summed E-state index contributed by atoms with van der Waals surface area (Å²) in [6.07, 6.45) is -0.397. The SMILES string of the molecule is CCOC(=O)C1C(=O)CC(C)(O)C(C(=O)OCC)C1c1ccc(OC)c(OC)c1OC. The zero-order valence-corrected chi connectivity index (χ0v) is 18.7. The molecule has 0 amide bonds. The molecule has 1 fully saturated rings. The average molecular weight is 438 g/mol. The second kappa shape index (κ2) is 10.00. The fraction of sp³-hybridized carbons (Fsp3) is 0.591. The number of ether oxygens (including phenoxy) is 5. The van der Waals surface area contributed by atoms with Crippen LogP contribution in [0.3, 0.4) is 0 Å². The van der Waals surface area contributed by atoms with Gasteiger partial charge in [-0.15, -0.1) is 0 Å². The molecule has 31 heavy (non-hydrogen) atoms. The predicted molar refractivity (Wildman–Crippen MR) is 109 cm³/mol. The lowest BCUT2D eigenvalue weighted by Gasteiger charge is -2.43. The summed E-state index contributed by atoms with van der Waals surface area (Å²) >= 11 is 0. The summed E-state index contributed by atoms with van der Waals surface area (Å²) in [6.45, 7) is 4.76. The van der Waals surface area contributed by atoms with E-state index in [-0.39, 0.29) is 24.7 Å². The van der Waals surface area contributed by atoms with E-state index in [9.17, 15) is 19.5 Å². The van der Waals surface area contributed by atoms with Gasteiger partial charge in [-0.1, -0.05) is 6.07 Å². The summed E-state index contributed by atoms with van der Waals surface area (Å²) in [7, 11) is 4.26. The lowest BCUT2D eigenvalue weighted by molar-refractivity contribution is -0.172. The number of methoxy groups -OCH3 is 3. The van der Waals surface area contributed by atoms with Crippen LogP contribution in [0.1, 0.15) is 38.7 Å². The monoisotopic (exact) mass is 438 g/mol. The highest BCUT2D eigenvalue weighted by molar-refractivity contribution is 6.03. The van der Waals surface area contributed by atoms with Crippen LogP contribution in [-0.4, -0.2) is 63.0 Å². The maximum atomic E-state index is 13.0. The van der Waals surface area contributed by atoms with Crippen molar-refractivity contribution in [2.45, 2.75) is 38.7 Å². The first-order chi connectivity index (χ1) is 14.7. The van der Waals surface area contributed by atoms with Gasteiger partial charge in [0.05, 0.1) is 46.1 Å². The van der Waals surface area contributed by atoms with E-state index in [1.807, 2.05) is 0 Å². The van der Waals surface area contributed by atoms with Crippen LogP contribution in [0.25, 0.3) is 0 Å². The molecule has 4 atom stereocenters. The second-order valence-corrected chi connectivity index (χ2v) is 7.41. The van der Waals surface area contributed by atoms with Gasteiger partial charge in [-0.2, -0.15) is 0 Å². The largest absolute Gasteiger partial charge is 0.493 e. The Balaban J connectivity index is 2.82. The highest BCUT2D eigenvalue weighted by Gasteiger charge is 2.58. The van der Waals surface area contributed by atoms with Crippen molar-refractivity contribution >= 4 is 17.7 Å². The van der Waals surface area contributed by atoms with Gasteiger partial charge in [0, 0.05) is 17.9 Å². The molecule has 0 aliphatic heterocycles. The molecule has 0 aromatic heterocycles. The summed E-state index contributed by atoms with van der Waals surface area (Å²) in [5, 5.41) is 11.1. The van der Waals surface area contributed by atoms with E-state index in [0.717, 1.165) is 0 Å². The maximum Gasteiger partial charge on any atom is 0.317 e. The normalized spacial score (nSPS) is 25.5. The van der Waals surface area contributed by atoms with Crippen LogP contribution in [0.4, 0.5) is 0 Å². The van der Waals surface area contributed by atoms with Crippen molar-refractivity contribution in [3.05, 3.63) is 17.7 Å². The summed E-state index contributed by atoms with van der Waals surface area (Å²) < 4.78 is 26.6. The molecule has 0 saturated heterocycles. The van der Waals surface area contributed by atoms with E-state index >= 15 is 0 Å². The molecular weight excluding hydrogens is 408 g/mol. The number of carbonyl (C=O) groups is 3. The maximum absolute atomic E-state index is 13.0. The Labute approximate surface area is 181 Å². The molecule has 1 aliphatic carbocycles. The van der Waals surface area contributed by atoms with Crippen LogP contribution in [0, 0.1) is 11.8 Å². The fourth-order valence-electron chi connectivity index (χ4n) is 4.24. The first kappa shape index (κ1) is 24.5. The molecule has 0 heterocycles. The number of Topliss-reactive ketones (excluding diaryl/α,β-unsaturated/α-hetero) is 1. The zero-order valence-electron chi connectivity index (χ0n) is 18.7. The van der Waals surface area contributed by atoms with Crippen molar-refractivity contribution in [2.24, 2.45) is 11.8 Å². The van der Waals surface area contributed by atoms with Gasteiger partial charge in [0.25, 0.3) is 0 Å². The molecule has 0 bridgehead atoms. The minimum absolute atomic E-state index is 0.0544. The lowest BCUT2D eigenvalue weighted by Crippen LogP contribution is -2.55. The molecule has 9 heteroatoms. The first-order valence-electron chi connectivity index (χ1n) is 10.1. The molecule has 0 radical (unpaired) electrons. The van der Waals surface area contributed by atoms with Crippen molar-refractivity contribution in [1.82, 2.24) is 0 Å². The lowest BCUT2D eigenvalue weighted by atomic mass is 9.61. The molecule has 9 nitrogen and oxygen atoms in total. The third kappa shape index (κ3) is 4.61. The van der Waals surface area contributed by atoms with Gasteiger partial charge in [-0.05, 0) is 26.8 Å².